The van der Waals surface area contributed by atoms with Crippen molar-refractivity contribution in [3.8, 4) is 0 Å². The van der Waals surface area contributed by atoms with Gasteiger partial charge in [-0.2, -0.15) is 5.10 Å². The number of nitrogen functional groups attached to an aromatic ring is 1. The largest absolute Gasteiger partial charge is 0.395 e. The van der Waals surface area contributed by atoms with Crippen molar-refractivity contribution in [3.63, 3.8) is 0 Å². The normalized spacial score (nSPS) is 24.2. The lowest BCUT2D eigenvalue weighted by Gasteiger charge is -2.51. The summed E-state index contributed by atoms with van der Waals surface area (Å²) in [5, 5.41) is 7.22. The van der Waals surface area contributed by atoms with Crippen molar-refractivity contribution >= 4 is 11.6 Å². The second-order valence-electron chi connectivity index (χ2n) is 6.00. The van der Waals surface area contributed by atoms with E-state index in [4.69, 9.17) is 10.5 Å². The first-order chi connectivity index (χ1) is 9.28. The minimum Gasteiger partial charge on any atom is -0.395 e. The zero-order valence-electron chi connectivity index (χ0n) is 12.9. The average molecular weight is 280 g/mol. The van der Waals surface area contributed by atoms with Gasteiger partial charge in [-0.3, -0.25) is 9.48 Å². The summed E-state index contributed by atoms with van der Waals surface area (Å²) in [6.07, 6.45) is 1.03. The molecule has 6 heteroatoms. The first-order valence-electron chi connectivity index (χ1n) is 7.00. The molecule has 1 aliphatic rings. The molecule has 112 valence electrons. The van der Waals surface area contributed by atoms with Gasteiger partial charge in [0, 0.05) is 25.1 Å². The van der Waals surface area contributed by atoms with Crippen LogP contribution in [0.15, 0.2) is 0 Å². The molecule has 1 heterocycles. The van der Waals surface area contributed by atoms with E-state index in [1.165, 1.54) is 4.68 Å². The minimum atomic E-state index is -0.168. The standard InChI is InChI=1S/C14H24N4O2/c1-6-20-10-7-9(14(10,3)4)16-13(19)12-11(15)8(2)17-18(12)5/h9-10H,6-7,15H2,1-5H3,(H,16,19). The van der Waals surface area contributed by atoms with Gasteiger partial charge in [0.2, 0.25) is 0 Å². The summed E-state index contributed by atoms with van der Waals surface area (Å²) < 4.78 is 7.20. The second-order valence-corrected chi connectivity index (χ2v) is 6.00. The summed E-state index contributed by atoms with van der Waals surface area (Å²) in [7, 11) is 1.73. The lowest BCUT2D eigenvalue weighted by atomic mass is 9.64. The molecule has 1 aliphatic carbocycles. The van der Waals surface area contributed by atoms with Crippen LogP contribution in [0.5, 0.6) is 0 Å². The summed E-state index contributed by atoms with van der Waals surface area (Å²) >= 11 is 0. The maximum atomic E-state index is 12.4. The van der Waals surface area contributed by atoms with Crippen molar-refractivity contribution in [2.45, 2.75) is 46.3 Å². The van der Waals surface area contributed by atoms with Crippen molar-refractivity contribution in [3.05, 3.63) is 11.4 Å². The van der Waals surface area contributed by atoms with Crippen LogP contribution in [0.4, 0.5) is 5.69 Å². The number of carbonyl (C=O) groups is 1. The fourth-order valence-corrected chi connectivity index (χ4v) is 2.78. The highest BCUT2D eigenvalue weighted by atomic mass is 16.5. The van der Waals surface area contributed by atoms with Gasteiger partial charge in [-0.25, -0.2) is 0 Å². The Bertz CT molecular complexity index is 521. The Balaban J connectivity index is 2.07. The third-order valence-corrected chi connectivity index (χ3v) is 4.33. The number of ether oxygens (including phenoxy) is 1. The van der Waals surface area contributed by atoms with Gasteiger partial charge in [0.1, 0.15) is 5.69 Å². The zero-order valence-corrected chi connectivity index (χ0v) is 12.9. The third kappa shape index (κ3) is 2.28. The lowest BCUT2D eigenvalue weighted by Crippen LogP contribution is -2.62. The molecule has 2 unspecified atom stereocenters. The van der Waals surface area contributed by atoms with Gasteiger partial charge in [-0.1, -0.05) is 13.8 Å². The summed E-state index contributed by atoms with van der Waals surface area (Å²) in [6.45, 7) is 8.70. The van der Waals surface area contributed by atoms with Gasteiger partial charge in [-0.15, -0.1) is 0 Å². The van der Waals surface area contributed by atoms with Crippen LogP contribution in [0, 0.1) is 12.3 Å². The number of rotatable bonds is 4. The van der Waals surface area contributed by atoms with E-state index in [1.807, 2.05) is 6.92 Å². The highest BCUT2D eigenvalue weighted by Gasteiger charge is 2.49. The topological polar surface area (TPSA) is 82.2 Å². The number of aryl methyl sites for hydroxylation is 2. The van der Waals surface area contributed by atoms with E-state index in [9.17, 15) is 4.79 Å². The maximum Gasteiger partial charge on any atom is 0.271 e. The molecule has 1 fully saturated rings. The van der Waals surface area contributed by atoms with Gasteiger partial charge in [0.25, 0.3) is 5.91 Å². The van der Waals surface area contributed by atoms with Crippen molar-refractivity contribution in [2.75, 3.05) is 12.3 Å². The molecule has 1 aromatic rings. The fraction of sp³-hybridized carbons (Fsp3) is 0.714. The quantitative estimate of drug-likeness (QED) is 0.869. The molecular formula is C14H24N4O2. The van der Waals surface area contributed by atoms with Crippen molar-refractivity contribution in [1.82, 2.24) is 15.1 Å². The Hall–Kier alpha value is -1.56. The van der Waals surface area contributed by atoms with E-state index in [0.29, 0.717) is 23.7 Å². The van der Waals surface area contributed by atoms with Crippen LogP contribution in [-0.4, -0.2) is 34.4 Å². The van der Waals surface area contributed by atoms with E-state index >= 15 is 0 Å². The number of anilines is 1. The molecular weight excluding hydrogens is 256 g/mol. The highest BCUT2D eigenvalue weighted by molar-refractivity contribution is 5.98. The van der Waals surface area contributed by atoms with Crippen molar-refractivity contribution in [1.29, 1.82) is 0 Å². The van der Waals surface area contributed by atoms with Gasteiger partial charge >= 0.3 is 0 Å². The first kappa shape index (κ1) is 14.8. The van der Waals surface area contributed by atoms with Gasteiger partial charge in [0.15, 0.2) is 0 Å². The molecule has 1 amide bonds. The molecule has 6 nitrogen and oxygen atoms in total. The van der Waals surface area contributed by atoms with Gasteiger partial charge in [0.05, 0.1) is 17.5 Å². The third-order valence-electron chi connectivity index (χ3n) is 4.33. The van der Waals surface area contributed by atoms with Crippen molar-refractivity contribution < 1.29 is 9.53 Å². The zero-order chi connectivity index (χ0) is 15.1. The molecule has 2 rings (SSSR count). The molecule has 0 aliphatic heterocycles. The maximum absolute atomic E-state index is 12.4. The molecule has 0 saturated heterocycles. The van der Waals surface area contributed by atoms with E-state index in [1.54, 1.807) is 14.0 Å². The number of hydrogen-bond donors (Lipinski definition) is 2. The minimum absolute atomic E-state index is 0.0614. The number of nitrogens with one attached hydrogen (secondary N) is 1. The van der Waals surface area contributed by atoms with Gasteiger partial charge < -0.3 is 15.8 Å². The predicted octanol–water partition coefficient (Wildman–Crippen LogP) is 1.24. The van der Waals surface area contributed by atoms with Crippen LogP contribution in [0.3, 0.4) is 0 Å². The van der Waals surface area contributed by atoms with Crippen LogP contribution in [0.2, 0.25) is 0 Å². The number of nitrogens with zero attached hydrogens (tertiary/aromatic N) is 2. The Labute approximate surface area is 119 Å². The number of amides is 1. The van der Waals surface area contributed by atoms with Crippen LogP contribution in [0.25, 0.3) is 0 Å². The smallest absolute Gasteiger partial charge is 0.271 e. The molecule has 1 aromatic heterocycles. The molecule has 20 heavy (non-hydrogen) atoms. The monoisotopic (exact) mass is 280 g/mol. The first-order valence-corrected chi connectivity index (χ1v) is 7.00. The summed E-state index contributed by atoms with van der Waals surface area (Å²) in [5.74, 6) is -0.168. The van der Waals surface area contributed by atoms with Crippen molar-refractivity contribution in [2.24, 2.45) is 12.5 Å². The SMILES string of the molecule is CCOC1CC(NC(=O)c2c(N)c(C)nn2C)C1(C)C. The molecule has 3 N–H and O–H groups in total. The number of carbonyl (C=O) groups excluding carboxylic acids is 1. The van der Waals surface area contributed by atoms with Crippen LogP contribution < -0.4 is 11.1 Å². The molecule has 0 aromatic carbocycles. The van der Waals surface area contributed by atoms with E-state index in [2.05, 4.69) is 24.3 Å². The number of aromatic nitrogens is 2. The number of nitrogens with two attached hydrogens (primary N) is 1. The molecule has 1 saturated carbocycles. The Morgan fingerprint density at radius 3 is 2.70 bits per heavy atom. The molecule has 2 atom stereocenters. The van der Waals surface area contributed by atoms with E-state index in [-0.39, 0.29) is 23.5 Å². The van der Waals surface area contributed by atoms with E-state index in [0.717, 1.165) is 6.42 Å². The molecule has 0 bridgehead atoms. The molecule has 0 spiro atoms. The Kier molecular flexibility index (Phi) is 3.77. The van der Waals surface area contributed by atoms with Crippen LogP contribution >= 0.6 is 0 Å². The average Bonchev–Trinajstić information content (AvgIpc) is 2.62. The fourth-order valence-electron chi connectivity index (χ4n) is 2.78. The van der Waals surface area contributed by atoms with E-state index < -0.39 is 0 Å². The molecule has 0 radical (unpaired) electrons. The predicted molar refractivity (Wildman–Crippen MR) is 77.4 cm³/mol. The summed E-state index contributed by atoms with van der Waals surface area (Å²) in [4.78, 5) is 12.4. The van der Waals surface area contributed by atoms with Crippen LogP contribution in [-0.2, 0) is 11.8 Å². The lowest BCUT2D eigenvalue weighted by molar-refractivity contribution is -0.111. The number of hydrogen-bond acceptors (Lipinski definition) is 4. The van der Waals surface area contributed by atoms with Gasteiger partial charge in [-0.05, 0) is 20.3 Å². The second kappa shape index (κ2) is 5.09. The summed E-state index contributed by atoms with van der Waals surface area (Å²) in [6, 6.07) is 0.0983. The van der Waals surface area contributed by atoms with Crippen LogP contribution in [0.1, 0.15) is 43.4 Å². The highest BCUT2D eigenvalue weighted by Crippen LogP contribution is 2.42. The summed E-state index contributed by atoms with van der Waals surface area (Å²) in [5.41, 5.74) is 7.41. The Morgan fingerprint density at radius 1 is 1.60 bits per heavy atom. The Morgan fingerprint density at radius 2 is 2.25 bits per heavy atom.